The first-order valence-electron chi connectivity index (χ1n) is 7.31. The lowest BCUT2D eigenvalue weighted by Gasteiger charge is -2.22. The summed E-state index contributed by atoms with van der Waals surface area (Å²) in [4.78, 5) is 0. The van der Waals surface area contributed by atoms with E-state index >= 15 is 0 Å². The molecule has 1 heterocycles. The minimum atomic E-state index is 0.329. The lowest BCUT2D eigenvalue weighted by molar-refractivity contribution is 0.535. The van der Waals surface area contributed by atoms with Crippen LogP contribution < -0.4 is 5.32 Å². The smallest absolute Gasteiger partial charge is 0.0643 e. The van der Waals surface area contributed by atoms with Crippen LogP contribution in [0.3, 0.4) is 0 Å². The fraction of sp³-hybridized carbons (Fsp3) is 0.471. The molecule has 0 amide bonds. The predicted octanol–water partition coefficient (Wildman–Crippen LogP) is 3.24. The summed E-state index contributed by atoms with van der Waals surface area (Å²) in [5, 5.41) is 8.12. The van der Waals surface area contributed by atoms with Crippen LogP contribution in [-0.2, 0) is 13.5 Å². The molecule has 0 aliphatic carbocycles. The Kier molecular flexibility index (Phi) is 4.61. The van der Waals surface area contributed by atoms with Crippen molar-refractivity contribution in [2.24, 2.45) is 7.05 Å². The van der Waals surface area contributed by atoms with E-state index in [0.717, 1.165) is 18.7 Å². The fourth-order valence-electron chi connectivity index (χ4n) is 3.04. The molecule has 1 atom stereocenters. The van der Waals surface area contributed by atoms with Gasteiger partial charge in [0.2, 0.25) is 0 Å². The Hall–Kier alpha value is -1.61. The van der Waals surface area contributed by atoms with Gasteiger partial charge >= 0.3 is 0 Å². The van der Waals surface area contributed by atoms with Gasteiger partial charge in [-0.1, -0.05) is 24.6 Å². The van der Waals surface area contributed by atoms with Crippen LogP contribution in [0.25, 0.3) is 0 Å². The zero-order valence-electron chi connectivity index (χ0n) is 13.2. The van der Waals surface area contributed by atoms with Gasteiger partial charge in [-0.3, -0.25) is 4.68 Å². The molecule has 0 bridgehead atoms. The van der Waals surface area contributed by atoms with Crippen molar-refractivity contribution < 1.29 is 0 Å². The summed E-state index contributed by atoms with van der Waals surface area (Å²) in [6, 6.07) is 6.97. The summed E-state index contributed by atoms with van der Waals surface area (Å²) in [7, 11) is 1.97. The summed E-state index contributed by atoms with van der Waals surface area (Å²) in [6.07, 6.45) is 2.94. The van der Waals surface area contributed by atoms with E-state index in [1.165, 1.54) is 22.3 Å². The van der Waals surface area contributed by atoms with E-state index in [1.54, 1.807) is 0 Å². The van der Waals surface area contributed by atoms with Crippen LogP contribution in [0, 0.1) is 20.8 Å². The molecule has 0 aliphatic rings. The standard InChI is InChI=1S/C17H25N3/c1-6-18-16(11-15-7-8-20(5)19-15)17-13(3)9-12(2)10-14(17)4/h7-10,16,18H,6,11H2,1-5H3. The number of hydrogen-bond donors (Lipinski definition) is 1. The van der Waals surface area contributed by atoms with E-state index < -0.39 is 0 Å². The van der Waals surface area contributed by atoms with Crippen molar-refractivity contribution in [2.75, 3.05) is 6.54 Å². The molecule has 1 N–H and O–H groups in total. The van der Waals surface area contributed by atoms with Gasteiger partial charge in [0.05, 0.1) is 5.69 Å². The van der Waals surface area contributed by atoms with Crippen LogP contribution in [-0.4, -0.2) is 16.3 Å². The van der Waals surface area contributed by atoms with Gasteiger partial charge in [0, 0.05) is 25.7 Å². The summed E-state index contributed by atoms with van der Waals surface area (Å²) in [5.41, 5.74) is 6.62. The molecule has 2 rings (SSSR count). The third kappa shape index (κ3) is 3.28. The molecule has 3 nitrogen and oxygen atoms in total. The molecule has 1 aromatic heterocycles. The number of rotatable bonds is 5. The highest BCUT2D eigenvalue weighted by Crippen LogP contribution is 2.26. The fourth-order valence-corrected chi connectivity index (χ4v) is 3.04. The maximum absolute atomic E-state index is 4.51. The Morgan fingerprint density at radius 1 is 1.20 bits per heavy atom. The second-order valence-corrected chi connectivity index (χ2v) is 5.61. The minimum absolute atomic E-state index is 0.329. The van der Waals surface area contributed by atoms with Gasteiger partial charge in [-0.15, -0.1) is 0 Å². The third-order valence-corrected chi connectivity index (χ3v) is 3.72. The van der Waals surface area contributed by atoms with Crippen molar-refractivity contribution in [1.29, 1.82) is 0 Å². The summed E-state index contributed by atoms with van der Waals surface area (Å²) >= 11 is 0. The average Bonchev–Trinajstić information content (AvgIpc) is 2.73. The second-order valence-electron chi connectivity index (χ2n) is 5.61. The first-order chi connectivity index (χ1) is 9.51. The van der Waals surface area contributed by atoms with E-state index in [2.05, 4.69) is 56.3 Å². The third-order valence-electron chi connectivity index (χ3n) is 3.72. The first-order valence-corrected chi connectivity index (χ1v) is 7.31. The second kappa shape index (κ2) is 6.23. The van der Waals surface area contributed by atoms with Gasteiger partial charge in [0.15, 0.2) is 0 Å². The number of hydrogen-bond acceptors (Lipinski definition) is 2. The van der Waals surface area contributed by atoms with Gasteiger partial charge in [-0.25, -0.2) is 0 Å². The number of benzene rings is 1. The average molecular weight is 271 g/mol. The number of likely N-dealkylation sites (N-methyl/N-ethyl adjacent to an activating group) is 1. The number of aryl methyl sites for hydroxylation is 4. The lowest BCUT2D eigenvalue weighted by Crippen LogP contribution is -2.25. The van der Waals surface area contributed by atoms with Gasteiger partial charge in [0.1, 0.15) is 0 Å². The van der Waals surface area contributed by atoms with Crippen LogP contribution in [0.15, 0.2) is 24.4 Å². The summed E-state index contributed by atoms with van der Waals surface area (Å²) in [6.45, 7) is 9.69. The molecular weight excluding hydrogens is 246 g/mol. The predicted molar refractivity (Wildman–Crippen MR) is 84.0 cm³/mol. The molecule has 0 spiro atoms. The molecule has 20 heavy (non-hydrogen) atoms. The highest BCUT2D eigenvalue weighted by atomic mass is 15.2. The maximum atomic E-state index is 4.51. The SMILES string of the molecule is CCNC(Cc1ccn(C)n1)c1c(C)cc(C)cc1C. The molecule has 1 aromatic carbocycles. The monoisotopic (exact) mass is 271 g/mol. The largest absolute Gasteiger partial charge is 0.310 e. The van der Waals surface area contributed by atoms with Crippen LogP contribution in [0.4, 0.5) is 0 Å². The molecule has 0 radical (unpaired) electrons. The van der Waals surface area contributed by atoms with Crippen LogP contribution >= 0.6 is 0 Å². The van der Waals surface area contributed by atoms with Gasteiger partial charge in [-0.2, -0.15) is 5.10 Å². The summed E-state index contributed by atoms with van der Waals surface area (Å²) < 4.78 is 1.87. The van der Waals surface area contributed by atoms with E-state index in [0.29, 0.717) is 6.04 Å². The Bertz CT molecular complexity index is 561. The molecule has 0 aliphatic heterocycles. The van der Waals surface area contributed by atoms with Crippen molar-refractivity contribution in [2.45, 2.75) is 40.2 Å². The van der Waals surface area contributed by atoms with Crippen LogP contribution in [0.1, 0.15) is 40.9 Å². The summed E-state index contributed by atoms with van der Waals surface area (Å²) in [5.74, 6) is 0. The zero-order valence-corrected chi connectivity index (χ0v) is 13.2. The Morgan fingerprint density at radius 3 is 2.35 bits per heavy atom. The number of nitrogens with zero attached hydrogens (tertiary/aromatic N) is 2. The van der Waals surface area contributed by atoms with Crippen LogP contribution in [0.5, 0.6) is 0 Å². The van der Waals surface area contributed by atoms with Gasteiger partial charge in [0.25, 0.3) is 0 Å². The van der Waals surface area contributed by atoms with Gasteiger partial charge < -0.3 is 5.32 Å². The molecule has 3 heteroatoms. The van der Waals surface area contributed by atoms with Crippen molar-refractivity contribution in [3.63, 3.8) is 0 Å². The normalized spacial score (nSPS) is 12.7. The zero-order chi connectivity index (χ0) is 14.7. The van der Waals surface area contributed by atoms with E-state index in [1.807, 2.05) is 17.9 Å². The van der Waals surface area contributed by atoms with Gasteiger partial charge in [-0.05, 0) is 50.1 Å². The van der Waals surface area contributed by atoms with E-state index in [-0.39, 0.29) is 0 Å². The number of nitrogens with one attached hydrogen (secondary N) is 1. The quantitative estimate of drug-likeness (QED) is 0.904. The maximum Gasteiger partial charge on any atom is 0.0643 e. The van der Waals surface area contributed by atoms with E-state index in [9.17, 15) is 0 Å². The van der Waals surface area contributed by atoms with Crippen molar-refractivity contribution >= 4 is 0 Å². The Morgan fingerprint density at radius 2 is 1.85 bits per heavy atom. The molecule has 108 valence electrons. The lowest BCUT2D eigenvalue weighted by atomic mass is 9.91. The minimum Gasteiger partial charge on any atom is -0.310 e. The van der Waals surface area contributed by atoms with Crippen LogP contribution in [0.2, 0.25) is 0 Å². The molecule has 0 saturated heterocycles. The van der Waals surface area contributed by atoms with Crippen molar-refractivity contribution in [1.82, 2.24) is 15.1 Å². The molecule has 0 saturated carbocycles. The van der Waals surface area contributed by atoms with Crippen molar-refractivity contribution in [3.05, 3.63) is 52.3 Å². The molecular formula is C17H25N3. The molecule has 1 unspecified atom stereocenters. The topological polar surface area (TPSA) is 29.9 Å². The highest BCUT2D eigenvalue weighted by molar-refractivity contribution is 5.40. The first kappa shape index (κ1) is 14.8. The van der Waals surface area contributed by atoms with Crippen molar-refractivity contribution in [3.8, 4) is 0 Å². The Balaban J connectivity index is 2.33. The Labute approximate surface area is 122 Å². The highest BCUT2D eigenvalue weighted by Gasteiger charge is 2.17. The molecule has 0 fully saturated rings. The molecule has 2 aromatic rings. The number of aromatic nitrogens is 2. The van der Waals surface area contributed by atoms with E-state index in [4.69, 9.17) is 0 Å².